The molecule has 2 amide bonds. The smallest absolute Gasteiger partial charge is 0.253 e. The van der Waals surface area contributed by atoms with Crippen molar-refractivity contribution in [2.45, 2.75) is 32.7 Å². The molecule has 0 radical (unpaired) electrons. The molecule has 1 saturated heterocycles. The predicted octanol–water partition coefficient (Wildman–Crippen LogP) is 2.19. The van der Waals surface area contributed by atoms with Crippen molar-refractivity contribution >= 4 is 11.8 Å². The molecule has 0 spiro atoms. The summed E-state index contributed by atoms with van der Waals surface area (Å²) in [6.45, 7) is 4.38. The Hall–Kier alpha value is -1.84. The molecule has 0 bridgehead atoms. The van der Waals surface area contributed by atoms with Crippen molar-refractivity contribution in [2.24, 2.45) is 11.8 Å². The minimum atomic E-state index is 0.120. The van der Waals surface area contributed by atoms with E-state index in [4.69, 9.17) is 0 Å². The van der Waals surface area contributed by atoms with Gasteiger partial charge in [0.25, 0.3) is 5.91 Å². The summed E-state index contributed by atoms with van der Waals surface area (Å²) >= 11 is 0. The minimum absolute atomic E-state index is 0.120. The molecule has 1 N–H and O–H groups in total. The van der Waals surface area contributed by atoms with E-state index in [1.807, 2.05) is 29.2 Å². The van der Waals surface area contributed by atoms with Crippen LogP contribution in [0.3, 0.4) is 0 Å². The average molecular weight is 286 g/mol. The van der Waals surface area contributed by atoms with Crippen molar-refractivity contribution in [3.63, 3.8) is 0 Å². The number of amides is 2. The van der Waals surface area contributed by atoms with Crippen LogP contribution in [0, 0.1) is 11.8 Å². The second kappa shape index (κ2) is 5.88. The zero-order valence-corrected chi connectivity index (χ0v) is 12.5. The summed E-state index contributed by atoms with van der Waals surface area (Å²) < 4.78 is 0. The number of hydrogen-bond acceptors (Lipinski definition) is 2. The topological polar surface area (TPSA) is 49.4 Å². The Kier molecular flexibility index (Phi) is 3.95. The Morgan fingerprint density at radius 2 is 1.81 bits per heavy atom. The van der Waals surface area contributed by atoms with E-state index in [0.717, 1.165) is 43.5 Å². The maximum atomic E-state index is 12.2. The molecule has 21 heavy (non-hydrogen) atoms. The summed E-state index contributed by atoms with van der Waals surface area (Å²) in [7, 11) is 0. The highest BCUT2D eigenvalue weighted by molar-refractivity contribution is 5.94. The van der Waals surface area contributed by atoms with Gasteiger partial charge in [-0.1, -0.05) is 19.1 Å². The highest BCUT2D eigenvalue weighted by atomic mass is 16.2. The number of benzene rings is 1. The molecule has 4 heteroatoms. The monoisotopic (exact) mass is 286 g/mol. The molecule has 1 aliphatic carbocycles. The second-order valence-corrected chi connectivity index (χ2v) is 6.23. The molecule has 0 aromatic heterocycles. The van der Waals surface area contributed by atoms with E-state index in [1.54, 1.807) is 0 Å². The molecule has 1 heterocycles. The Balaban J connectivity index is 1.53. The number of likely N-dealkylation sites (tertiary alicyclic amines) is 1. The number of carbonyl (C=O) groups is 2. The molecule has 3 rings (SSSR count). The molecule has 2 aliphatic rings. The first kappa shape index (κ1) is 14.1. The predicted molar refractivity (Wildman–Crippen MR) is 80.7 cm³/mol. The van der Waals surface area contributed by atoms with Crippen LogP contribution >= 0.6 is 0 Å². The van der Waals surface area contributed by atoms with Gasteiger partial charge in [-0.15, -0.1) is 0 Å². The van der Waals surface area contributed by atoms with Crippen LogP contribution in [0.5, 0.6) is 0 Å². The number of carbonyl (C=O) groups excluding carboxylic acids is 2. The standard InChI is InChI=1S/C17H22N2O2/c1-12-10-15(12)16(20)18-11-13-4-6-14(7-5-13)17(21)19-8-2-3-9-19/h4-7,12,15H,2-3,8-11H2,1H3,(H,18,20). The van der Waals surface area contributed by atoms with Crippen LogP contribution in [0.4, 0.5) is 0 Å². The zero-order chi connectivity index (χ0) is 14.8. The highest BCUT2D eigenvalue weighted by Crippen LogP contribution is 2.37. The van der Waals surface area contributed by atoms with Crippen LogP contribution in [0.25, 0.3) is 0 Å². The van der Waals surface area contributed by atoms with Crippen molar-refractivity contribution in [3.8, 4) is 0 Å². The lowest BCUT2D eigenvalue weighted by atomic mass is 10.1. The molecule has 2 atom stereocenters. The van der Waals surface area contributed by atoms with Gasteiger partial charge in [0.2, 0.25) is 5.91 Å². The minimum Gasteiger partial charge on any atom is -0.352 e. The van der Waals surface area contributed by atoms with E-state index < -0.39 is 0 Å². The molecular weight excluding hydrogens is 264 g/mol. The van der Waals surface area contributed by atoms with E-state index >= 15 is 0 Å². The fourth-order valence-electron chi connectivity index (χ4n) is 2.88. The van der Waals surface area contributed by atoms with Crippen molar-refractivity contribution in [3.05, 3.63) is 35.4 Å². The molecule has 2 unspecified atom stereocenters. The van der Waals surface area contributed by atoms with Crippen molar-refractivity contribution < 1.29 is 9.59 Å². The van der Waals surface area contributed by atoms with Gasteiger partial charge < -0.3 is 10.2 Å². The maximum Gasteiger partial charge on any atom is 0.253 e. The number of rotatable bonds is 4. The van der Waals surface area contributed by atoms with Gasteiger partial charge in [0.15, 0.2) is 0 Å². The quantitative estimate of drug-likeness (QED) is 0.922. The number of nitrogens with zero attached hydrogens (tertiary/aromatic N) is 1. The van der Waals surface area contributed by atoms with Crippen LogP contribution in [-0.2, 0) is 11.3 Å². The van der Waals surface area contributed by atoms with Gasteiger partial charge in [-0.2, -0.15) is 0 Å². The molecule has 2 fully saturated rings. The Bertz CT molecular complexity index is 532. The van der Waals surface area contributed by atoms with Gasteiger partial charge >= 0.3 is 0 Å². The first-order chi connectivity index (χ1) is 10.1. The fourth-order valence-corrected chi connectivity index (χ4v) is 2.88. The van der Waals surface area contributed by atoms with Gasteiger partial charge in [-0.05, 0) is 42.9 Å². The van der Waals surface area contributed by atoms with Crippen LogP contribution in [0.2, 0.25) is 0 Å². The summed E-state index contributed by atoms with van der Waals surface area (Å²) in [4.78, 5) is 25.9. The van der Waals surface area contributed by atoms with Crippen molar-refractivity contribution in [1.82, 2.24) is 10.2 Å². The van der Waals surface area contributed by atoms with E-state index in [9.17, 15) is 9.59 Å². The van der Waals surface area contributed by atoms with Crippen LogP contribution in [-0.4, -0.2) is 29.8 Å². The van der Waals surface area contributed by atoms with Crippen LogP contribution in [0.15, 0.2) is 24.3 Å². The van der Waals surface area contributed by atoms with Gasteiger partial charge in [0, 0.05) is 31.1 Å². The molecule has 112 valence electrons. The normalized spacial score (nSPS) is 24.0. The third-order valence-corrected chi connectivity index (χ3v) is 4.51. The molecular formula is C17H22N2O2. The lowest BCUT2D eigenvalue weighted by Gasteiger charge is -2.15. The summed E-state index contributed by atoms with van der Waals surface area (Å²) in [5, 5.41) is 2.96. The second-order valence-electron chi connectivity index (χ2n) is 6.23. The highest BCUT2D eigenvalue weighted by Gasteiger charge is 2.38. The van der Waals surface area contributed by atoms with Crippen LogP contribution in [0.1, 0.15) is 42.1 Å². The summed E-state index contributed by atoms with van der Waals surface area (Å²) in [5.74, 6) is 1.01. The third kappa shape index (κ3) is 3.26. The number of nitrogens with one attached hydrogen (secondary N) is 1. The van der Waals surface area contributed by atoms with E-state index in [1.165, 1.54) is 0 Å². The Morgan fingerprint density at radius 1 is 1.19 bits per heavy atom. The lowest BCUT2D eigenvalue weighted by molar-refractivity contribution is -0.122. The van der Waals surface area contributed by atoms with Crippen molar-refractivity contribution in [1.29, 1.82) is 0 Å². The maximum absolute atomic E-state index is 12.2. The first-order valence-electron chi connectivity index (χ1n) is 7.81. The summed E-state index contributed by atoms with van der Waals surface area (Å²) in [5.41, 5.74) is 1.78. The van der Waals surface area contributed by atoms with E-state index in [-0.39, 0.29) is 17.7 Å². The van der Waals surface area contributed by atoms with E-state index in [2.05, 4.69) is 12.2 Å². The fraction of sp³-hybridized carbons (Fsp3) is 0.529. The van der Waals surface area contributed by atoms with E-state index in [0.29, 0.717) is 12.5 Å². The summed E-state index contributed by atoms with van der Waals surface area (Å²) in [6, 6.07) is 7.59. The molecule has 1 aliphatic heterocycles. The van der Waals surface area contributed by atoms with Crippen LogP contribution < -0.4 is 5.32 Å². The molecule has 4 nitrogen and oxygen atoms in total. The Morgan fingerprint density at radius 3 is 2.38 bits per heavy atom. The third-order valence-electron chi connectivity index (χ3n) is 4.51. The summed E-state index contributed by atoms with van der Waals surface area (Å²) in [6.07, 6.45) is 3.22. The van der Waals surface area contributed by atoms with Gasteiger partial charge in [-0.3, -0.25) is 9.59 Å². The lowest BCUT2D eigenvalue weighted by Crippen LogP contribution is -2.27. The molecule has 1 aromatic rings. The molecule has 1 aromatic carbocycles. The first-order valence-corrected chi connectivity index (χ1v) is 7.81. The zero-order valence-electron chi connectivity index (χ0n) is 12.5. The number of hydrogen-bond donors (Lipinski definition) is 1. The van der Waals surface area contributed by atoms with Gasteiger partial charge in [0.05, 0.1) is 0 Å². The molecule has 1 saturated carbocycles. The van der Waals surface area contributed by atoms with Gasteiger partial charge in [-0.25, -0.2) is 0 Å². The Labute approximate surface area is 125 Å². The SMILES string of the molecule is CC1CC1C(=O)NCc1ccc(C(=O)N2CCCC2)cc1. The largest absolute Gasteiger partial charge is 0.352 e. The average Bonchev–Trinajstić information content (AvgIpc) is 3.02. The van der Waals surface area contributed by atoms with Crippen molar-refractivity contribution in [2.75, 3.05) is 13.1 Å². The van der Waals surface area contributed by atoms with Gasteiger partial charge in [0.1, 0.15) is 0 Å².